The van der Waals surface area contributed by atoms with Crippen LogP contribution in [0.4, 0.5) is 11.4 Å². The lowest BCUT2D eigenvalue weighted by Crippen LogP contribution is -2.21. The van der Waals surface area contributed by atoms with Gasteiger partial charge in [0.2, 0.25) is 5.91 Å². The molecule has 0 atom stereocenters. The normalized spacial score (nSPS) is 10.6. The van der Waals surface area contributed by atoms with Gasteiger partial charge < -0.3 is 15.4 Å². The summed E-state index contributed by atoms with van der Waals surface area (Å²) < 4.78 is 5.68. The number of hydrogen-bond donors (Lipinski definition) is 2. The van der Waals surface area contributed by atoms with Crippen molar-refractivity contribution in [1.29, 1.82) is 0 Å². The van der Waals surface area contributed by atoms with E-state index in [0.29, 0.717) is 12.5 Å². The van der Waals surface area contributed by atoms with Crippen molar-refractivity contribution in [3.63, 3.8) is 0 Å². The first kappa shape index (κ1) is 18.8. The zero-order valence-corrected chi connectivity index (χ0v) is 15.6. The Hall–Kier alpha value is -2.49. The summed E-state index contributed by atoms with van der Waals surface area (Å²) in [5.41, 5.74) is 4.08. The van der Waals surface area contributed by atoms with Crippen molar-refractivity contribution in [3.8, 4) is 5.75 Å². The second kappa shape index (κ2) is 9.11. The fraction of sp³-hybridized carbons (Fsp3) is 0.381. The molecule has 0 radical (unpaired) electrons. The number of ether oxygens (including phenoxy) is 1. The molecule has 134 valence electrons. The molecule has 0 fully saturated rings. The molecule has 25 heavy (non-hydrogen) atoms. The number of benzene rings is 2. The zero-order valence-electron chi connectivity index (χ0n) is 15.6. The van der Waals surface area contributed by atoms with Crippen LogP contribution in [0.25, 0.3) is 0 Å². The lowest BCUT2D eigenvalue weighted by Gasteiger charge is -2.11. The number of rotatable bonds is 8. The Morgan fingerprint density at radius 3 is 2.24 bits per heavy atom. The van der Waals surface area contributed by atoms with E-state index in [9.17, 15) is 4.79 Å². The van der Waals surface area contributed by atoms with Gasteiger partial charge in [-0.3, -0.25) is 4.79 Å². The molecule has 0 aliphatic heterocycles. The van der Waals surface area contributed by atoms with E-state index < -0.39 is 0 Å². The predicted octanol–water partition coefficient (Wildman–Crippen LogP) is 4.78. The number of amides is 1. The molecule has 2 aromatic carbocycles. The maximum absolute atomic E-state index is 12.1. The Labute approximate surface area is 150 Å². The van der Waals surface area contributed by atoms with Crippen molar-refractivity contribution in [2.45, 2.75) is 34.1 Å². The monoisotopic (exact) mass is 340 g/mol. The molecule has 4 nitrogen and oxygen atoms in total. The third-order valence-electron chi connectivity index (χ3n) is 3.78. The number of carbonyl (C=O) groups excluding carboxylic acids is 1. The molecule has 0 heterocycles. The summed E-state index contributed by atoms with van der Waals surface area (Å²) in [5, 5.41) is 6.05. The Morgan fingerprint density at radius 1 is 1.00 bits per heavy atom. The van der Waals surface area contributed by atoms with Crippen molar-refractivity contribution in [2.75, 3.05) is 23.8 Å². The lowest BCUT2D eigenvalue weighted by atomic mass is 10.1. The summed E-state index contributed by atoms with van der Waals surface area (Å²) in [6.07, 6.45) is 1.03. The number of hydrogen-bond acceptors (Lipinski definition) is 3. The first-order chi connectivity index (χ1) is 11.9. The summed E-state index contributed by atoms with van der Waals surface area (Å²) in [7, 11) is 0. The third-order valence-corrected chi connectivity index (χ3v) is 3.78. The van der Waals surface area contributed by atoms with Gasteiger partial charge in [0.05, 0.1) is 13.2 Å². The molecule has 2 rings (SSSR count). The molecule has 0 aliphatic rings. The van der Waals surface area contributed by atoms with Crippen molar-refractivity contribution in [3.05, 3.63) is 53.6 Å². The number of nitrogens with one attached hydrogen (secondary N) is 2. The first-order valence-corrected chi connectivity index (χ1v) is 8.77. The Kier molecular flexibility index (Phi) is 6.87. The van der Waals surface area contributed by atoms with Crippen LogP contribution in [0.15, 0.2) is 42.5 Å². The topological polar surface area (TPSA) is 50.4 Å². The molecule has 0 saturated heterocycles. The Morgan fingerprint density at radius 2 is 1.64 bits per heavy atom. The summed E-state index contributed by atoms with van der Waals surface area (Å²) in [6.45, 7) is 9.38. The van der Waals surface area contributed by atoms with Crippen molar-refractivity contribution in [1.82, 2.24) is 0 Å². The fourth-order valence-corrected chi connectivity index (χ4v) is 2.51. The van der Waals surface area contributed by atoms with Crippen LogP contribution in [0.3, 0.4) is 0 Å². The molecule has 0 aromatic heterocycles. The number of aryl methyl sites for hydroxylation is 2. The Bertz CT molecular complexity index is 673. The highest BCUT2D eigenvalue weighted by molar-refractivity contribution is 5.93. The minimum Gasteiger partial charge on any atom is -0.494 e. The molecule has 2 N–H and O–H groups in total. The molecule has 0 bridgehead atoms. The maximum atomic E-state index is 12.1. The van der Waals surface area contributed by atoms with Crippen molar-refractivity contribution in [2.24, 2.45) is 5.92 Å². The average molecular weight is 340 g/mol. The van der Waals surface area contributed by atoms with Crippen LogP contribution >= 0.6 is 0 Å². The summed E-state index contributed by atoms with van der Waals surface area (Å²) >= 11 is 0. The van der Waals surface area contributed by atoms with E-state index in [1.54, 1.807) is 0 Å². The van der Waals surface area contributed by atoms with Crippen molar-refractivity contribution >= 4 is 17.3 Å². The summed E-state index contributed by atoms with van der Waals surface area (Å²) in [6, 6.07) is 13.7. The van der Waals surface area contributed by atoms with E-state index in [2.05, 4.69) is 30.5 Å². The van der Waals surface area contributed by atoms with Gasteiger partial charge in [0.1, 0.15) is 5.75 Å². The second-order valence-electron chi connectivity index (χ2n) is 6.83. The zero-order chi connectivity index (χ0) is 18.2. The smallest absolute Gasteiger partial charge is 0.243 e. The van der Waals surface area contributed by atoms with E-state index in [-0.39, 0.29) is 12.5 Å². The predicted molar refractivity (Wildman–Crippen MR) is 104 cm³/mol. The third kappa shape index (κ3) is 6.87. The molecule has 0 saturated carbocycles. The van der Waals surface area contributed by atoms with Crippen LogP contribution in [0, 0.1) is 19.8 Å². The highest BCUT2D eigenvalue weighted by Crippen LogP contribution is 2.17. The first-order valence-electron chi connectivity index (χ1n) is 8.77. The highest BCUT2D eigenvalue weighted by atomic mass is 16.5. The van der Waals surface area contributed by atoms with Gasteiger partial charge in [0.25, 0.3) is 0 Å². The molecule has 0 aliphatic carbocycles. The fourth-order valence-electron chi connectivity index (χ4n) is 2.51. The van der Waals surface area contributed by atoms with E-state index >= 15 is 0 Å². The quantitative estimate of drug-likeness (QED) is 0.727. The number of carbonyl (C=O) groups is 1. The molecule has 0 spiro atoms. The van der Waals surface area contributed by atoms with E-state index in [1.165, 1.54) is 11.1 Å². The standard InChI is InChI=1S/C21H28N2O2/c1-15(2)9-10-25-20-7-5-18(6-8-20)23-21(24)14-22-19-12-16(3)11-17(4)13-19/h5-8,11-13,15,22H,9-10,14H2,1-4H3,(H,23,24). The Balaban J connectivity index is 1.80. The van der Waals surface area contributed by atoms with E-state index in [1.807, 2.05) is 50.2 Å². The lowest BCUT2D eigenvalue weighted by molar-refractivity contribution is -0.114. The van der Waals surface area contributed by atoms with Crippen molar-refractivity contribution < 1.29 is 9.53 Å². The van der Waals surface area contributed by atoms with Gasteiger partial charge in [-0.1, -0.05) is 19.9 Å². The van der Waals surface area contributed by atoms with Gasteiger partial charge in [-0.2, -0.15) is 0 Å². The van der Waals surface area contributed by atoms with Crippen LogP contribution < -0.4 is 15.4 Å². The van der Waals surface area contributed by atoms with Crippen LogP contribution in [0.2, 0.25) is 0 Å². The second-order valence-corrected chi connectivity index (χ2v) is 6.83. The van der Waals surface area contributed by atoms with Crippen LogP contribution in [0.5, 0.6) is 5.75 Å². The SMILES string of the molecule is Cc1cc(C)cc(NCC(=O)Nc2ccc(OCCC(C)C)cc2)c1. The summed E-state index contributed by atoms with van der Waals surface area (Å²) in [4.78, 5) is 12.1. The van der Waals surface area contributed by atoms with Gasteiger partial charge in [0.15, 0.2) is 0 Å². The molecule has 4 heteroatoms. The van der Waals surface area contributed by atoms with Gasteiger partial charge in [0, 0.05) is 11.4 Å². The van der Waals surface area contributed by atoms with E-state index in [4.69, 9.17) is 4.74 Å². The molecule has 0 unspecified atom stereocenters. The average Bonchev–Trinajstić information content (AvgIpc) is 2.53. The molecular weight excluding hydrogens is 312 g/mol. The minimum absolute atomic E-state index is 0.0763. The maximum Gasteiger partial charge on any atom is 0.243 e. The number of anilines is 2. The van der Waals surface area contributed by atoms with E-state index in [0.717, 1.165) is 23.5 Å². The van der Waals surface area contributed by atoms with Gasteiger partial charge >= 0.3 is 0 Å². The molecular formula is C21H28N2O2. The summed E-state index contributed by atoms with van der Waals surface area (Å²) in [5.74, 6) is 1.38. The van der Waals surface area contributed by atoms with Crippen LogP contribution in [0.1, 0.15) is 31.4 Å². The van der Waals surface area contributed by atoms with Crippen LogP contribution in [-0.4, -0.2) is 19.1 Å². The molecule has 2 aromatic rings. The van der Waals surface area contributed by atoms with Gasteiger partial charge in [-0.25, -0.2) is 0 Å². The van der Waals surface area contributed by atoms with Gasteiger partial charge in [-0.05, 0) is 73.7 Å². The minimum atomic E-state index is -0.0763. The highest BCUT2D eigenvalue weighted by Gasteiger charge is 2.04. The molecule has 1 amide bonds. The van der Waals surface area contributed by atoms with Gasteiger partial charge in [-0.15, -0.1) is 0 Å². The largest absolute Gasteiger partial charge is 0.494 e. The van der Waals surface area contributed by atoms with Crippen LogP contribution in [-0.2, 0) is 4.79 Å².